The summed E-state index contributed by atoms with van der Waals surface area (Å²) in [5, 5.41) is 14.6. The van der Waals surface area contributed by atoms with E-state index in [0.717, 1.165) is 0 Å². The van der Waals surface area contributed by atoms with Gasteiger partial charge in [-0.15, -0.1) is 0 Å². The number of oxime groups is 1. The molecule has 7 nitrogen and oxygen atoms in total. The van der Waals surface area contributed by atoms with Crippen molar-refractivity contribution in [2.75, 3.05) is 27.4 Å². The van der Waals surface area contributed by atoms with Crippen LogP contribution in [0.25, 0.3) is 0 Å². The van der Waals surface area contributed by atoms with Gasteiger partial charge in [0.05, 0.1) is 12.7 Å². The number of nitrogens with two attached hydrogens (primary N) is 1. The van der Waals surface area contributed by atoms with Crippen molar-refractivity contribution in [3.63, 3.8) is 0 Å². The second-order valence-electron chi connectivity index (χ2n) is 4.30. The Morgan fingerprint density at radius 1 is 1.42 bits per heavy atom. The van der Waals surface area contributed by atoms with Crippen LogP contribution in [0.4, 0.5) is 0 Å². The van der Waals surface area contributed by atoms with Gasteiger partial charge in [0, 0.05) is 20.8 Å². The second-order valence-corrected chi connectivity index (χ2v) is 4.30. The number of rotatable bonds is 9. The number of carbonyl (C=O) groups is 1. The van der Waals surface area contributed by atoms with Gasteiger partial charge >= 0.3 is 0 Å². The Bertz CT molecular complexity index is 303. The quantitative estimate of drug-likeness (QED) is 0.243. The normalized spacial score (nSPS) is 14.2. The monoisotopic (exact) mass is 275 g/mol. The summed E-state index contributed by atoms with van der Waals surface area (Å²) < 4.78 is 10.1. The van der Waals surface area contributed by atoms with E-state index in [-0.39, 0.29) is 17.8 Å². The second kappa shape index (κ2) is 8.71. The molecule has 0 aromatic rings. The van der Waals surface area contributed by atoms with E-state index in [0.29, 0.717) is 26.0 Å². The summed E-state index contributed by atoms with van der Waals surface area (Å²) in [5.41, 5.74) is 4.67. The highest BCUT2D eigenvalue weighted by atomic mass is 16.5. The number of amides is 1. The molecule has 4 N–H and O–H groups in total. The van der Waals surface area contributed by atoms with E-state index in [9.17, 15) is 4.79 Å². The predicted octanol–water partition coefficient (Wildman–Crippen LogP) is 0.317. The maximum absolute atomic E-state index is 12.3. The van der Waals surface area contributed by atoms with Crippen LogP contribution < -0.4 is 11.1 Å². The highest BCUT2D eigenvalue weighted by molar-refractivity contribution is 6.06. The highest BCUT2D eigenvalue weighted by Crippen LogP contribution is 2.26. The molecule has 0 rings (SSSR count). The first kappa shape index (κ1) is 17.7. The molecule has 0 heterocycles. The smallest absolute Gasteiger partial charge is 0.234 e. The van der Waals surface area contributed by atoms with Gasteiger partial charge in [0.1, 0.15) is 5.41 Å². The number of hydrogen-bond acceptors (Lipinski definition) is 5. The van der Waals surface area contributed by atoms with E-state index in [1.165, 1.54) is 0 Å². The van der Waals surface area contributed by atoms with Crippen LogP contribution in [0.1, 0.15) is 26.7 Å². The molecule has 0 aromatic carbocycles. The number of amidine groups is 1. The van der Waals surface area contributed by atoms with Gasteiger partial charge in [0.15, 0.2) is 5.84 Å². The lowest BCUT2D eigenvalue weighted by Crippen LogP contribution is -2.51. The fourth-order valence-corrected chi connectivity index (χ4v) is 1.92. The predicted molar refractivity (Wildman–Crippen MR) is 72.1 cm³/mol. The Balaban J connectivity index is 4.76. The van der Waals surface area contributed by atoms with Gasteiger partial charge in [-0.2, -0.15) is 0 Å². The molecular weight excluding hydrogens is 250 g/mol. The molecule has 1 amide bonds. The molecule has 0 fully saturated rings. The van der Waals surface area contributed by atoms with Crippen LogP contribution in [-0.4, -0.2) is 50.4 Å². The summed E-state index contributed by atoms with van der Waals surface area (Å²) in [6.45, 7) is 4.34. The Hall–Kier alpha value is -1.34. The molecule has 0 saturated carbocycles. The standard InChI is InChI=1S/C12H25N3O4/c1-5-12(6-2,10(13)15-17)11(16)14-7-9(19-4)8-18-3/h9,17H,5-8H2,1-4H3,(H2,13,15)(H,14,16). The lowest BCUT2D eigenvalue weighted by atomic mass is 9.80. The molecule has 19 heavy (non-hydrogen) atoms. The summed E-state index contributed by atoms with van der Waals surface area (Å²) in [6.07, 6.45) is 0.674. The van der Waals surface area contributed by atoms with Crippen LogP contribution in [0.2, 0.25) is 0 Å². The zero-order valence-electron chi connectivity index (χ0n) is 12.1. The van der Waals surface area contributed by atoms with Crippen LogP contribution in [0, 0.1) is 5.41 Å². The Kier molecular flexibility index (Phi) is 8.09. The van der Waals surface area contributed by atoms with Gasteiger partial charge in [-0.3, -0.25) is 4.79 Å². The minimum absolute atomic E-state index is 0.0734. The van der Waals surface area contributed by atoms with E-state index in [4.69, 9.17) is 20.4 Å². The first-order valence-corrected chi connectivity index (χ1v) is 6.30. The molecule has 0 spiro atoms. The third-order valence-corrected chi connectivity index (χ3v) is 3.42. The Morgan fingerprint density at radius 3 is 2.37 bits per heavy atom. The minimum atomic E-state index is -0.986. The van der Waals surface area contributed by atoms with Crippen LogP contribution in [-0.2, 0) is 14.3 Å². The molecule has 112 valence electrons. The topological polar surface area (TPSA) is 106 Å². The average molecular weight is 275 g/mol. The lowest BCUT2D eigenvalue weighted by molar-refractivity contribution is -0.128. The molecular formula is C12H25N3O4. The van der Waals surface area contributed by atoms with Gasteiger partial charge < -0.3 is 25.7 Å². The number of carbonyl (C=O) groups excluding carboxylic acids is 1. The van der Waals surface area contributed by atoms with Gasteiger partial charge in [-0.1, -0.05) is 19.0 Å². The zero-order valence-corrected chi connectivity index (χ0v) is 12.1. The first-order chi connectivity index (χ1) is 9.02. The minimum Gasteiger partial charge on any atom is -0.409 e. The summed E-state index contributed by atoms with van der Waals surface area (Å²) >= 11 is 0. The van der Waals surface area contributed by atoms with Crippen molar-refractivity contribution in [3.8, 4) is 0 Å². The molecule has 0 aromatic heterocycles. The molecule has 0 saturated heterocycles. The maximum atomic E-state index is 12.3. The lowest BCUT2D eigenvalue weighted by Gasteiger charge is -2.29. The van der Waals surface area contributed by atoms with Crippen LogP contribution in [0.5, 0.6) is 0 Å². The van der Waals surface area contributed by atoms with E-state index in [1.807, 2.05) is 13.8 Å². The van der Waals surface area contributed by atoms with Crippen molar-refractivity contribution in [2.45, 2.75) is 32.8 Å². The summed E-state index contributed by atoms with van der Waals surface area (Å²) in [5.74, 6) is -0.346. The first-order valence-electron chi connectivity index (χ1n) is 6.30. The van der Waals surface area contributed by atoms with Crippen molar-refractivity contribution >= 4 is 11.7 Å². The molecule has 1 unspecified atom stereocenters. The fraction of sp³-hybridized carbons (Fsp3) is 0.833. The van der Waals surface area contributed by atoms with E-state index in [2.05, 4.69) is 10.5 Å². The number of hydrogen-bond donors (Lipinski definition) is 3. The number of nitrogens with zero attached hydrogens (tertiary/aromatic N) is 1. The van der Waals surface area contributed by atoms with Gasteiger partial charge in [0.25, 0.3) is 0 Å². The van der Waals surface area contributed by atoms with Crippen LogP contribution in [0.15, 0.2) is 5.16 Å². The van der Waals surface area contributed by atoms with E-state index in [1.54, 1.807) is 14.2 Å². The Morgan fingerprint density at radius 2 is 2.00 bits per heavy atom. The third kappa shape index (κ3) is 4.36. The number of nitrogens with one attached hydrogen (secondary N) is 1. The van der Waals surface area contributed by atoms with Crippen molar-refractivity contribution in [1.29, 1.82) is 0 Å². The molecule has 0 radical (unpaired) electrons. The molecule has 0 aliphatic rings. The molecule has 0 aliphatic carbocycles. The highest BCUT2D eigenvalue weighted by Gasteiger charge is 2.39. The molecule has 0 bridgehead atoms. The third-order valence-electron chi connectivity index (χ3n) is 3.42. The van der Waals surface area contributed by atoms with Crippen LogP contribution in [0.3, 0.4) is 0 Å². The number of methoxy groups -OCH3 is 2. The molecule has 0 aliphatic heterocycles. The molecule has 7 heteroatoms. The number of ether oxygens (including phenoxy) is 2. The zero-order chi connectivity index (χ0) is 14.9. The van der Waals surface area contributed by atoms with Crippen molar-refractivity contribution in [3.05, 3.63) is 0 Å². The van der Waals surface area contributed by atoms with Crippen molar-refractivity contribution < 1.29 is 19.5 Å². The SMILES string of the molecule is CCC(CC)(C(=O)NCC(COC)OC)C(N)=NO. The maximum Gasteiger partial charge on any atom is 0.234 e. The van der Waals surface area contributed by atoms with Crippen molar-refractivity contribution in [1.82, 2.24) is 5.32 Å². The summed E-state index contributed by atoms with van der Waals surface area (Å²) in [4.78, 5) is 12.3. The van der Waals surface area contributed by atoms with Gasteiger partial charge in [0.2, 0.25) is 5.91 Å². The fourth-order valence-electron chi connectivity index (χ4n) is 1.92. The Labute approximate surface area is 114 Å². The van der Waals surface area contributed by atoms with E-state index < -0.39 is 5.41 Å². The van der Waals surface area contributed by atoms with Gasteiger partial charge in [-0.05, 0) is 12.8 Å². The molecule has 1 atom stereocenters. The van der Waals surface area contributed by atoms with Gasteiger partial charge in [-0.25, -0.2) is 0 Å². The van der Waals surface area contributed by atoms with Crippen LogP contribution >= 0.6 is 0 Å². The summed E-state index contributed by atoms with van der Waals surface area (Å²) in [6, 6.07) is 0. The van der Waals surface area contributed by atoms with E-state index >= 15 is 0 Å². The van der Waals surface area contributed by atoms with Crippen molar-refractivity contribution in [2.24, 2.45) is 16.3 Å². The largest absolute Gasteiger partial charge is 0.409 e. The summed E-state index contributed by atoms with van der Waals surface area (Å²) in [7, 11) is 3.11. The average Bonchev–Trinajstić information content (AvgIpc) is 2.44.